The number of allylic oxidation sites excluding steroid dienone is 1. The molecular formula is C24H21N5O. The van der Waals surface area contributed by atoms with Crippen LogP contribution in [0.2, 0.25) is 0 Å². The van der Waals surface area contributed by atoms with Crippen LogP contribution in [-0.2, 0) is 6.54 Å². The van der Waals surface area contributed by atoms with Gasteiger partial charge in [0, 0.05) is 30.6 Å². The van der Waals surface area contributed by atoms with Crippen molar-refractivity contribution < 1.29 is 4.79 Å². The minimum absolute atomic E-state index is 0.284. The van der Waals surface area contributed by atoms with Crippen LogP contribution in [0.4, 0.5) is 5.95 Å². The Bertz CT molecular complexity index is 1150. The van der Waals surface area contributed by atoms with Crippen LogP contribution in [0.5, 0.6) is 0 Å². The van der Waals surface area contributed by atoms with Crippen molar-refractivity contribution >= 4 is 17.9 Å². The number of aromatic nitrogens is 4. The molecule has 2 aromatic carbocycles. The van der Waals surface area contributed by atoms with E-state index in [9.17, 15) is 4.79 Å². The van der Waals surface area contributed by atoms with E-state index >= 15 is 0 Å². The molecule has 0 aliphatic rings. The van der Waals surface area contributed by atoms with Gasteiger partial charge in [0.15, 0.2) is 5.82 Å². The van der Waals surface area contributed by atoms with Crippen LogP contribution in [-0.4, -0.2) is 25.7 Å². The minimum atomic E-state index is -0.284. The van der Waals surface area contributed by atoms with Gasteiger partial charge in [0.1, 0.15) is 0 Å². The number of pyridine rings is 1. The number of nitrogens with zero attached hydrogens (tertiary/aromatic N) is 4. The van der Waals surface area contributed by atoms with Gasteiger partial charge in [-0.1, -0.05) is 60.2 Å². The monoisotopic (exact) mass is 395 g/mol. The third-order valence-corrected chi connectivity index (χ3v) is 4.52. The molecule has 1 N–H and O–H groups in total. The maximum absolute atomic E-state index is 12.9. The number of aryl methyl sites for hydroxylation is 1. The fraction of sp³-hybridized carbons (Fsp3) is 0.0833. The molecule has 148 valence electrons. The summed E-state index contributed by atoms with van der Waals surface area (Å²) in [6, 6.07) is 21.5. The molecule has 0 unspecified atom stereocenters. The van der Waals surface area contributed by atoms with E-state index in [1.54, 1.807) is 18.5 Å². The van der Waals surface area contributed by atoms with Crippen molar-refractivity contribution in [2.75, 3.05) is 5.32 Å². The second-order valence-corrected chi connectivity index (χ2v) is 6.83. The van der Waals surface area contributed by atoms with E-state index in [2.05, 4.69) is 32.5 Å². The van der Waals surface area contributed by atoms with Crippen molar-refractivity contribution in [3.63, 3.8) is 0 Å². The molecule has 0 radical (unpaired) electrons. The van der Waals surface area contributed by atoms with Gasteiger partial charge in [-0.05, 0) is 36.3 Å². The third-order valence-electron chi connectivity index (χ3n) is 4.52. The highest BCUT2D eigenvalue weighted by atomic mass is 16.2. The first-order valence-electron chi connectivity index (χ1n) is 9.63. The van der Waals surface area contributed by atoms with Crippen molar-refractivity contribution in [2.45, 2.75) is 13.5 Å². The van der Waals surface area contributed by atoms with Crippen LogP contribution in [0.15, 0.2) is 85.2 Å². The zero-order chi connectivity index (χ0) is 20.8. The molecule has 6 heteroatoms. The number of nitrogens with one attached hydrogen (secondary N) is 1. The summed E-state index contributed by atoms with van der Waals surface area (Å²) in [5.41, 5.74) is 3.97. The minimum Gasteiger partial charge on any atom is -0.350 e. The molecule has 0 saturated heterocycles. The van der Waals surface area contributed by atoms with Crippen LogP contribution >= 0.6 is 0 Å². The number of rotatable bonds is 6. The number of carbonyl (C=O) groups excluding carboxylic acids is 1. The molecule has 0 atom stereocenters. The summed E-state index contributed by atoms with van der Waals surface area (Å²) in [5, 5.41) is 7.65. The number of carbonyl (C=O) groups is 1. The van der Waals surface area contributed by atoms with Crippen molar-refractivity contribution in [3.05, 3.63) is 102 Å². The molecule has 6 nitrogen and oxygen atoms in total. The van der Waals surface area contributed by atoms with Crippen LogP contribution in [0, 0.1) is 6.92 Å². The van der Waals surface area contributed by atoms with Crippen LogP contribution in [0.1, 0.15) is 21.5 Å². The molecule has 0 aliphatic heterocycles. The molecule has 0 saturated carbocycles. The molecule has 0 aliphatic carbocycles. The topological polar surface area (TPSA) is 72.7 Å². The predicted molar refractivity (Wildman–Crippen MR) is 118 cm³/mol. The fourth-order valence-electron chi connectivity index (χ4n) is 2.89. The first-order valence-corrected chi connectivity index (χ1v) is 9.63. The lowest BCUT2D eigenvalue weighted by molar-refractivity contribution is 0.0957. The molecule has 0 bridgehead atoms. The maximum Gasteiger partial charge on any atom is 0.274 e. The quantitative estimate of drug-likeness (QED) is 0.483. The Hall–Kier alpha value is -4.06. The lowest BCUT2D eigenvalue weighted by Crippen LogP contribution is -2.14. The molecule has 2 aromatic heterocycles. The number of hydrogen-bond acceptors (Lipinski definition) is 5. The normalized spacial score (nSPS) is 11.0. The van der Waals surface area contributed by atoms with Gasteiger partial charge >= 0.3 is 0 Å². The van der Waals surface area contributed by atoms with Gasteiger partial charge in [-0.2, -0.15) is 9.67 Å². The molecule has 0 fully saturated rings. The standard InChI is InChI=1S/C24H21N5O/c1-18-9-11-20(12-10-18)16-26-24-27-23(21-8-5-15-25-17-21)28-29(24)22(30)14-13-19-6-3-2-4-7-19/h2-15,17H,16H2,1H3,(H,26,27,28). The summed E-state index contributed by atoms with van der Waals surface area (Å²) in [5.74, 6) is 0.543. The van der Waals surface area contributed by atoms with Crippen molar-refractivity contribution in [3.8, 4) is 11.4 Å². The van der Waals surface area contributed by atoms with Crippen molar-refractivity contribution in [2.24, 2.45) is 0 Å². The van der Waals surface area contributed by atoms with E-state index in [-0.39, 0.29) is 5.91 Å². The SMILES string of the molecule is Cc1ccc(CNc2nc(-c3cccnc3)nn2C(=O)C=Cc2ccccc2)cc1. The van der Waals surface area contributed by atoms with Gasteiger partial charge in [0.25, 0.3) is 5.91 Å². The molecule has 4 aromatic rings. The number of benzene rings is 2. The molecule has 0 spiro atoms. The number of hydrogen-bond donors (Lipinski definition) is 1. The zero-order valence-electron chi connectivity index (χ0n) is 16.6. The Balaban J connectivity index is 1.61. The van der Waals surface area contributed by atoms with Crippen LogP contribution in [0.3, 0.4) is 0 Å². The van der Waals surface area contributed by atoms with Gasteiger partial charge in [-0.3, -0.25) is 9.78 Å². The largest absolute Gasteiger partial charge is 0.350 e. The van der Waals surface area contributed by atoms with E-state index in [1.807, 2.05) is 61.5 Å². The first kappa shape index (κ1) is 19.3. The smallest absolute Gasteiger partial charge is 0.274 e. The molecule has 0 amide bonds. The summed E-state index contributed by atoms with van der Waals surface area (Å²) in [7, 11) is 0. The van der Waals surface area contributed by atoms with E-state index in [0.29, 0.717) is 18.3 Å². The van der Waals surface area contributed by atoms with Gasteiger partial charge in [0.2, 0.25) is 5.95 Å². The van der Waals surface area contributed by atoms with Crippen LogP contribution in [0.25, 0.3) is 17.5 Å². The van der Waals surface area contributed by atoms with E-state index < -0.39 is 0 Å². The van der Waals surface area contributed by atoms with Crippen molar-refractivity contribution in [1.29, 1.82) is 0 Å². The summed E-state index contributed by atoms with van der Waals surface area (Å²) in [6.07, 6.45) is 6.62. The molecule has 30 heavy (non-hydrogen) atoms. The Morgan fingerprint density at radius 1 is 1.03 bits per heavy atom. The average Bonchev–Trinajstić information content (AvgIpc) is 3.23. The van der Waals surface area contributed by atoms with Crippen molar-refractivity contribution in [1.82, 2.24) is 19.7 Å². The predicted octanol–water partition coefficient (Wildman–Crippen LogP) is 4.61. The molecule has 2 heterocycles. The Labute approximate surface area is 174 Å². The lowest BCUT2D eigenvalue weighted by Gasteiger charge is -2.06. The lowest BCUT2D eigenvalue weighted by atomic mass is 10.1. The van der Waals surface area contributed by atoms with Gasteiger partial charge < -0.3 is 5.32 Å². The zero-order valence-corrected chi connectivity index (χ0v) is 16.6. The number of anilines is 1. The molecular weight excluding hydrogens is 374 g/mol. The van der Waals surface area contributed by atoms with E-state index in [0.717, 1.165) is 16.7 Å². The van der Waals surface area contributed by atoms with Gasteiger partial charge in [0.05, 0.1) is 0 Å². The van der Waals surface area contributed by atoms with Gasteiger partial charge in [-0.15, -0.1) is 5.10 Å². The Kier molecular flexibility index (Phi) is 5.75. The van der Waals surface area contributed by atoms with Crippen LogP contribution < -0.4 is 5.32 Å². The highest BCUT2D eigenvalue weighted by molar-refractivity contribution is 5.94. The second kappa shape index (κ2) is 8.96. The maximum atomic E-state index is 12.9. The third kappa shape index (κ3) is 4.67. The fourth-order valence-corrected chi connectivity index (χ4v) is 2.89. The summed E-state index contributed by atoms with van der Waals surface area (Å²) < 4.78 is 1.29. The van der Waals surface area contributed by atoms with E-state index in [4.69, 9.17) is 0 Å². The Morgan fingerprint density at radius 2 is 1.83 bits per heavy atom. The second-order valence-electron chi connectivity index (χ2n) is 6.83. The van der Waals surface area contributed by atoms with Gasteiger partial charge in [-0.25, -0.2) is 0 Å². The first-order chi connectivity index (χ1) is 14.7. The Morgan fingerprint density at radius 3 is 2.57 bits per heavy atom. The average molecular weight is 395 g/mol. The van der Waals surface area contributed by atoms with E-state index in [1.165, 1.54) is 16.3 Å². The highest BCUT2D eigenvalue weighted by Gasteiger charge is 2.15. The molecule has 4 rings (SSSR count). The summed E-state index contributed by atoms with van der Waals surface area (Å²) in [4.78, 5) is 21.5. The highest BCUT2D eigenvalue weighted by Crippen LogP contribution is 2.18. The summed E-state index contributed by atoms with van der Waals surface area (Å²) >= 11 is 0. The summed E-state index contributed by atoms with van der Waals surface area (Å²) in [6.45, 7) is 2.58.